The van der Waals surface area contributed by atoms with Crippen molar-refractivity contribution in [1.82, 2.24) is 9.71 Å². The summed E-state index contributed by atoms with van der Waals surface area (Å²) in [5, 5.41) is 0. The van der Waals surface area contributed by atoms with Crippen LogP contribution in [0, 0.1) is 0 Å². The molecule has 29 heavy (non-hydrogen) atoms. The van der Waals surface area contributed by atoms with Crippen LogP contribution in [-0.2, 0) is 32.2 Å². The molecule has 2 aromatic rings. The summed E-state index contributed by atoms with van der Waals surface area (Å²) < 4.78 is 33.1. The molecular formula is C22H32N2O4S. The van der Waals surface area contributed by atoms with Gasteiger partial charge in [-0.3, -0.25) is 4.98 Å². The third kappa shape index (κ3) is 7.37. The molecule has 0 saturated heterocycles. The first-order valence-corrected chi connectivity index (χ1v) is 10.8. The molecule has 0 spiro atoms. The van der Waals surface area contributed by atoms with Crippen LogP contribution in [0.15, 0.2) is 54.7 Å². The molecule has 1 aromatic carbocycles. The summed E-state index contributed by atoms with van der Waals surface area (Å²) in [7, 11) is 3.24. The number of benzene rings is 1. The fourth-order valence-electron chi connectivity index (χ4n) is 2.81. The van der Waals surface area contributed by atoms with E-state index in [1.54, 1.807) is 20.4 Å². The number of rotatable bonds is 11. The second-order valence-corrected chi connectivity index (χ2v) is 9.71. The highest BCUT2D eigenvalue weighted by atomic mass is 32.2. The number of hydrogen-bond acceptors (Lipinski definition) is 6. The zero-order valence-corrected chi connectivity index (χ0v) is 18.6. The second-order valence-electron chi connectivity index (χ2n) is 7.71. The van der Waals surface area contributed by atoms with Gasteiger partial charge in [0.1, 0.15) is 23.0 Å². The van der Waals surface area contributed by atoms with E-state index < -0.39 is 34.4 Å². The Balaban J connectivity index is 2.18. The molecule has 1 heterocycles. The van der Waals surface area contributed by atoms with Gasteiger partial charge in [0, 0.05) is 31.8 Å². The summed E-state index contributed by atoms with van der Waals surface area (Å²) in [5.41, 5.74) is 1.82. The van der Waals surface area contributed by atoms with E-state index in [0.717, 1.165) is 11.3 Å². The Labute approximate surface area is 177 Å². The number of ether oxygens (including phenoxy) is 3. The minimum atomic E-state index is -1.32. The summed E-state index contributed by atoms with van der Waals surface area (Å²) >= 11 is -1.32. The lowest BCUT2D eigenvalue weighted by molar-refractivity contribution is -0.0510. The molecule has 0 aliphatic heterocycles. The molecule has 6 nitrogen and oxygen atoms in total. The highest BCUT2D eigenvalue weighted by Gasteiger charge is 2.39. The van der Waals surface area contributed by atoms with Crippen LogP contribution in [0.1, 0.15) is 38.1 Å². The van der Waals surface area contributed by atoms with Crippen molar-refractivity contribution in [1.29, 1.82) is 0 Å². The van der Waals surface area contributed by atoms with Crippen LogP contribution in [0.25, 0.3) is 0 Å². The Hall–Kier alpha value is -1.48. The first-order valence-electron chi connectivity index (χ1n) is 9.63. The van der Waals surface area contributed by atoms with Crippen molar-refractivity contribution in [3.63, 3.8) is 0 Å². The van der Waals surface area contributed by atoms with E-state index in [-0.39, 0.29) is 0 Å². The Morgan fingerprint density at radius 1 is 1.03 bits per heavy atom. The summed E-state index contributed by atoms with van der Waals surface area (Å²) in [6.45, 7) is 6.55. The average molecular weight is 421 g/mol. The van der Waals surface area contributed by atoms with Crippen LogP contribution in [0.4, 0.5) is 0 Å². The molecule has 0 radical (unpaired) electrons. The minimum Gasteiger partial charge on any atom is -0.598 e. The molecule has 2 rings (SSSR count). The van der Waals surface area contributed by atoms with Gasteiger partial charge in [0.2, 0.25) is 0 Å². The quantitative estimate of drug-likeness (QED) is 0.562. The smallest absolute Gasteiger partial charge is 0.136 e. The Kier molecular flexibility index (Phi) is 9.55. The van der Waals surface area contributed by atoms with Gasteiger partial charge >= 0.3 is 0 Å². The number of nitrogens with zero attached hydrogens (tertiary/aromatic N) is 1. The summed E-state index contributed by atoms with van der Waals surface area (Å²) in [6, 6.07) is 15.2. The lowest BCUT2D eigenvalue weighted by Crippen LogP contribution is -2.54. The highest BCUT2D eigenvalue weighted by molar-refractivity contribution is 7.90. The number of hydrogen-bond donors (Lipinski definition) is 1. The topological polar surface area (TPSA) is 75.7 Å². The SMILES string of the molecule is CO[C@@H](COCc1ccccc1)[C@H](N[S+]([O-])C(C)(C)C)[C@@H](OC)c1ccccn1. The summed E-state index contributed by atoms with van der Waals surface area (Å²) in [4.78, 5) is 4.42. The molecule has 1 N–H and O–H groups in total. The monoisotopic (exact) mass is 420 g/mol. The fourth-order valence-corrected chi connectivity index (χ4v) is 3.69. The molecule has 0 saturated carbocycles. The maximum Gasteiger partial charge on any atom is 0.136 e. The van der Waals surface area contributed by atoms with E-state index in [1.165, 1.54) is 0 Å². The number of pyridine rings is 1. The molecule has 1 aromatic heterocycles. The highest BCUT2D eigenvalue weighted by Crippen LogP contribution is 2.25. The van der Waals surface area contributed by atoms with Crippen LogP contribution in [0.3, 0.4) is 0 Å². The Morgan fingerprint density at radius 3 is 2.28 bits per heavy atom. The predicted octanol–water partition coefficient (Wildman–Crippen LogP) is 3.42. The molecule has 1 unspecified atom stereocenters. The van der Waals surface area contributed by atoms with Crippen LogP contribution in [-0.4, -0.2) is 47.3 Å². The van der Waals surface area contributed by atoms with Crippen molar-refractivity contribution in [2.45, 2.75) is 50.4 Å². The van der Waals surface area contributed by atoms with Gasteiger partial charge in [-0.2, -0.15) is 0 Å². The van der Waals surface area contributed by atoms with E-state index in [2.05, 4.69) is 9.71 Å². The van der Waals surface area contributed by atoms with E-state index in [1.807, 2.05) is 69.3 Å². The molecule has 7 heteroatoms. The number of aromatic nitrogens is 1. The van der Waals surface area contributed by atoms with Gasteiger partial charge in [-0.05, 0) is 38.5 Å². The summed E-state index contributed by atoms with van der Waals surface area (Å²) in [5.74, 6) is 0. The first kappa shape index (κ1) is 23.8. The molecule has 160 valence electrons. The normalized spacial score (nSPS) is 16.2. The van der Waals surface area contributed by atoms with Crippen molar-refractivity contribution >= 4 is 11.4 Å². The van der Waals surface area contributed by atoms with E-state index in [0.29, 0.717) is 13.2 Å². The van der Waals surface area contributed by atoms with Gasteiger partial charge < -0.3 is 18.8 Å². The molecule has 0 aliphatic rings. The van der Waals surface area contributed by atoms with Crippen LogP contribution >= 0.6 is 0 Å². The first-order chi connectivity index (χ1) is 13.9. The lowest BCUT2D eigenvalue weighted by atomic mass is 10.0. The van der Waals surface area contributed by atoms with Gasteiger partial charge in [0.15, 0.2) is 0 Å². The van der Waals surface area contributed by atoms with Crippen LogP contribution < -0.4 is 4.72 Å². The maximum absolute atomic E-state index is 12.9. The van der Waals surface area contributed by atoms with Gasteiger partial charge in [0.25, 0.3) is 0 Å². The van der Waals surface area contributed by atoms with Gasteiger partial charge in [-0.25, -0.2) is 0 Å². The standard InChI is InChI=1S/C22H32N2O4S/c1-22(2,3)29(25)24-20(21(27-5)18-13-9-10-14-23-18)19(26-4)16-28-15-17-11-7-6-8-12-17/h6-14,19-21,24H,15-16H2,1-5H3/t19-,20-,21-,29?/m0/s1. The molecule has 0 fully saturated rings. The van der Waals surface area contributed by atoms with Gasteiger partial charge in [0.05, 0.1) is 18.9 Å². The molecule has 0 aliphatic carbocycles. The zero-order chi connectivity index (χ0) is 21.3. The van der Waals surface area contributed by atoms with Gasteiger partial charge in [-0.1, -0.05) is 36.4 Å². The van der Waals surface area contributed by atoms with Gasteiger partial charge in [-0.15, -0.1) is 4.72 Å². The number of methoxy groups -OCH3 is 2. The minimum absolute atomic E-state index is 0.317. The van der Waals surface area contributed by atoms with Crippen molar-refractivity contribution in [3.8, 4) is 0 Å². The van der Waals surface area contributed by atoms with Crippen molar-refractivity contribution in [3.05, 3.63) is 66.0 Å². The zero-order valence-electron chi connectivity index (χ0n) is 17.8. The third-order valence-electron chi connectivity index (χ3n) is 4.46. The summed E-state index contributed by atoms with van der Waals surface area (Å²) in [6.07, 6.45) is 0.872. The second kappa shape index (κ2) is 11.6. The fraction of sp³-hybridized carbons (Fsp3) is 0.500. The average Bonchev–Trinajstić information content (AvgIpc) is 2.72. The van der Waals surface area contributed by atoms with Crippen molar-refractivity contribution in [2.24, 2.45) is 0 Å². The number of nitrogens with one attached hydrogen (secondary N) is 1. The molecule has 0 amide bonds. The van der Waals surface area contributed by atoms with Crippen molar-refractivity contribution < 1.29 is 18.8 Å². The molecule has 0 bridgehead atoms. The Morgan fingerprint density at radius 2 is 1.72 bits per heavy atom. The van der Waals surface area contributed by atoms with E-state index >= 15 is 0 Å². The largest absolute Gasteiger partial charge is 0.598 e. The third-order valence-corrected chi connectivity index (χ3v) is 6.05. The van der Waals surface area contributed by atoms with Crippen molar-refractivity contribution in [2.75, 3.05) is 20.8 Å². The maximum atomic E-state index is 12.9. The van der Waals surface area contributed by atoms with E-state index in [4.69, 9.17) is 14.2 Å². The Bertz CT molecular complexity index is 697. The van der Waals surface area contributed by atoms with Crippen LogP contribution in [0.5, 0.6) is 0 Å². The lowest BCUT2D eigenvalue weighted by Gasteiger charge is -2.35. The predicted molar refractivity (Wildman–Crippen MR) is 116 cm³/mol. The molecule has 4 atom stereocenters. The molecular weight excluding hydrogens is 388 g/mol. The van der Waals surface area contributed by atoms with E-state index in [9.17, 15) is 4.55 Å². The van der Waals surface area contributed by atoms with Crippen LogP contribution in [0.2, 0.25) is 0 Å².